The van der Waals surface area contributed by atoms with Gasteiger partial charge in [0.15, 0.2) is 0 Å². The highest BCUT2D eigenvalue weighted by Crippen LogP contribution is 2.27. The maximum atomic E-state index is 10.3. The molecule has 27 heavy (non-hydrogen) atoms. The molecule has 0 heterocycles. The van der Waals surface area contributed by atoms with Crippen LogP contribution >= 0.6 is 0 Å². The van der Waals surface area contributed by atoms with E-state index in [1.54, 1.807) is 6.07 Å². The molecule has 0 bridgehead atoms. The summed E-state index contributed by atoms with van der Waals surface area (Å²) in [6, 6.07) is 25.7. The number of hydrogen-bond acceptors (Lipinski definition) is 3. The van der Waals surface area contributed by atoms with Crippen LogP contribution in [0.15, 0.2) is 78.9 Å². The fourth-order valence-electron chi connectivity index (χ4n) is 2.99. The summed E-state index contributed by atoms with van der Waals surface area (Å²) in [5.41, 5.74) is 3.97. The van der Waals surface area contributed by atoms with E-state index in [0.717, 1.165) is 22.3 Å². The van der Waals surface area contributed by atoms with Crippen LogP contribution in [0, 0.1) is 0 Å². The minimum atomic E-state index is -0.0529. The van der Waals surface area contributed by atoms with Gasteiger partial charge >= 0.3 is 0 Å². The van der Waals surface area contributed by atoms with Crippen molar-refractivity contribution in [2.45, 2.75) is 39.3 Å². The largest absolute Gasteiger partial charge is 0.508 e. The van der Waals surface area contributed by atoms with Crippen molar-refractivity contribution in [2.24, 2.45) is 0 Å². The lowest BCUT2D eigenvalue weighted by Gasteiger charge is -2.18. The van der Waals surface area contributed by atoms with Gasteiger partial charge in [-0.1, -0.05) is 72.8 Å². The van der Waals surface area contributed by atoms with Crippen molar-refractivity contribution in [1.29, 1.82) is 0 Å². The molecule has 3 aromatic rings. The number of ether oxygens (including phenoxy) is 2. The third kappa shape index (κ3) is 5.19. The third-order valence-corrected chi connectivity index (χ3v) is 4.75. The van der Waals surface area contributed by atoms with E-state index >= 15 is 0 Å². The average Bonchev–Trinajstić information content (AvgIpc) is 2.72. The van der Waals surface area contributed by atoms with Crippen LogP contribution in [0.2, 0.25) is 0 Å². The van der Waals surface area contributed by atoms with Crippen LogP contribution in [-0.2, 0) is 22.7 Å². The quantitative estimate of drug-likeness (QED) is 0.538. The predicted octanol–water partition coefficient (Wildman–Crippen LogP) is 5.95. The summed E-state index contributed by atoms with van der Waals surface area (Å²) in [5.74, 6) is 0.240. The number of rotatable bonds is 8. The van der Waals surface area contributed by atoms with Crippen molar-refractivity contribution >= 4 is 0 Å². The maximum absolute atomic E-state index is 10.3. The van der Waals surface area contributed by atoms with E-state index < -0.39 is 0 Å². The minimum absolute atomic E-state index is 0.0226. The van der Waals surface area contributed by atoms with Gasteiger partial charge in [0.1, 0.15) is 5.75 Å². The van der Waals surface area contributed by atoms with Gasteiger partial charge in [0.25, 0.3) is 0 Å². The molecule has 0 saturated heterocycles. The number of phenolic OH excluding ortho intramolecular Hbond substituents is 1. The molecule has 0 aliphatic carbocycles. The van der Waals surface area contributed by atoms with Crippen LogP contribution in [0.1, 0.15) is 48.3 Å². The molecule has 140 valence electrons. The van der Waals surface area contributed by atoms with Gasteiger partial charge in [0, 0.05) is 5.56 Å². The molecular formula is C24H26O3. The van der Waals surface area contributed by atoms with Crippen LogP contribution in [0.4, 0.5) is 0 Å². The van der Waals surface area contributed by atoms with E-state index in [0.29, 0.717) is 13.2 Å². The zero-order valence-electron chi connectivity index (χ0n) is 15.8. The zero-order chi connectivity index (χ0) is 19.1. The first-order chi connectivity index (χ1) is 13.1. The van der Waals surface area contributed by atoms with Crippen LogP contribution in [0.3, 0.4) is 0 Å². The standard InChI is InChI=1S/C24H26O3/c1-18(20-10-5-3-6-11-20)26-16-22-14-9-15-24(25)23(22)17-27-19(2)21-12-7-4-8-13-21/h3-15,18-19,25H,16-17H2,1-2H3. The van der Waals surface area contributed by atoms with Crippen molar-refractivity contribution in [1.82, 2.24) is 0 Å². The fraction of sp³-hybridized carbons (Fsp3) is 0.250. The topological polar surface area (TPSA) is 38.7 Å². The van der Waals surface area contributed by atoms with Gasteiger partial charge in [0.2, 0.25) is 0 Å². The monoisotopic (exact) mass is 362 g/mol. The molecule has 2 atom stereocenters. The summed E-state index contributed by atoms with van der Waals surface area (Å²) in [5, 5.41) is 10.3. The fourth-order valence-corrected chi connectivity index (χ4v) is 2.99. The molecular weight excluding hydrogens is 336 g/mol. The smallest absolute Gasteiger partial charge is 0.121 e. The van der Waals surface area contributed by atoms with Crippen LogP contribution in [-0.4, -0.2) is 5.11 Å². The van der Waals surface area contributed by atoms with Gasteiger partial charge in [-0.25, -0.2) is 0 Å². The molecule has 3 rings (SSSR count). The first-order valence-corrected chi connectivity index (χ1v) is 9.28. The molecule has 0 aromatic heterocycles. The first-order valence-electron chi connectivity index (χ1n) is 9.28. The molecule has 0 radical (unpaired) electrons. The maximum Gasteiger partial charge on any atom is 0.121 e. The second-order valence-electron chi connectivity index (χ2n) is 6.64. The molecule has 2 unspecified atom stereocenters. The summed E-state index contributed by atoms with van der Waals surface area (Å²) in [6.07, 6.45) is -0.0756. The lowest BCUT2D eigenvalue weighted by Crippen LogP contribution is -2.06. The lowest BCUT2D eigenvalue weighted by atomic mass is 10.1. The van der Waals surface area contributed by atoms with E-state index in [1.807, 2.05) is 74.5 Å². The minimum Gasteiger partial charge on any atom is -0.508 e. The van der Waals surface area contributed by atoms with Gasteiger partial charge in [-0.3, -0.25) is 0 Å². The van der Waals surface area contributed by atoms with Gasteiger partial charge in [-0.15, -0.1) is 0 Å². The van der Waals surface area contributed by atoms with Gasteiger partial charge in [-0.2, -0.15) is 0 Å². The Bertz CT molecular complexity index is 831. The van der Waals surface area contributed by atoms with E-state index in [-0.39, 0.29) is 18.0 Å². The first kappa shape index (κ1) is 19.2. The second kappa shape index (κ2) is 9.36. The Morgan fingerprint density at radius 2 is 1.19 bits per heavy atom. The van der Waals surface area contributed by atoms with Gasteiger partial charge in [0.05, 0.1) is 25.4 Å². The molecule has 0 aliphatic rings. The molecule has 0 spiro atoms. The molecule has 3 heteroatoms. The van der Waals surface area contributed by atoms with E-state index in [9.17, 15) is 5.11 Å². The van der Waals surface area contributed by atoms with Crippen molar-refractivity contribution in [3.05, 3.63) is 101 Å². The Balaban J connectivity index is 1.65. The van der Waals surface area contributed by atoms with Crippen molar-refractivity contribution < 1.29 is 14.6 Å². The summed E-state index contributed by atoms with van der Waals surface area (Å²) in [7, 11) is 0. The van der Waals surface area contributed by atoms with Gasteiger partial charge in [-0.05, 0) is 36.6 Å². The zero-order valence-corrected chi connectivity index (χ0v) is 15.8. The molecule has 3 aromatic carbocycles. The number of benzene rings is 3. The van der Waals surface area contributed by atoms with Crippen LogP contribution in [0.25, 0.3) is 0 Å². The van der Waals surface area contributed by atoms with Crippen LogP contribution < -0.4 is 0 Å². The summed E-state index contributed by atoms with van der Waals surface area (Å²) < 4.78 is 12.0. The number of aromatic hydroxyl groups is 1. The van der Waals surface area contributed by atoms with Crippen molar-refractivity contribution in [2.75, 3.05) is 0 Å². The Hall–Kier alpha value is -2.62. The summed E-state index contributed by atoms with van der Waals surface area (Å²) >= 11 is 0. The SMILES string of the molecule is CC(OCc1cccc(O)c1COC(C)c1ccccc1)c1ccccc1. The Morgan fingerprint density at radius 1 is 0.667 bits per heavy atom. The molecule has 3 nitrogen and oxygen atoms in total. The van der Waals surface area contributed by atoms with Gasteiger partial charge < -0.3 is 14.6 Å². The average molecular weight is 362 g/mol. The molecule has 0 saturated carbocycles. The number of hydrogen-bond donors (Lipinski definition) is 1. The van der Waals surface area contributed by atoms with Crippen LogP contribution in [0.5, 0.6) is 5.75 Å². The molecule has 0 fully saturated rings. The lowest BCUT2D eigenvalue weighted by molar-refractivity contribution is 0.0401. The van der Waals surface area contributed by atoms with Crippen molar-refractivity contribution in [3.8, 4) is 5.75 Å². The highest BCUT2D eigenvalue weighted by Gasteiger charge is 2.13. The summed E-state index contributed by atoms with van der Waals surface area (Å²) in [6.45, 7) is 4.80. The molecule has 1 N–H and O–H groups in total. The normalized spacial score (nSPS) is 13.3. The highest BCUT2D eigenvalue weighted by molar-refractivity contribution is 5.38. The third-order valence-electron chi connectivity index (χ3n) is 4.75. The van der Waals surface area contributed by atoms with Crippen molar-refractivity contribution in [3.63, 3.8) is 0 Å². The molecule has 0 amide bonds. The summed E-state index contributed by atoms with van der Waals surface area (Å²) in [4.78, 5) is 0. The Labute approximate surface area is 161 Å². The molecule has 0 aliphatic heterocycles. The highest BCUT2D eigenvalue weighted by atomic mass is 16.5. The second-order valence-corrected chi connectivity index (χ2v) is 6.64. The predicted molar refractivity (Wildman–Crippen MR) is 107 cm³/mol. The van der Waals surface area contributed by atoms with E-state index in [1.165, 1.54) is 0 Å². The van der Waals surface area contributed by atoms with E-state index in [4.69, 9.17) is 9.47 Å². The Morgan fingerprint density at radius 3 is 1.74 bits per heavy atom. The number of phenols is 1. The Kier molecular flexibility index (Phi) is 6.64. The van der Waals surface area contributed by atoms with E-state index in [2.05, 4.69) is 12.1 Å².